The number of H-pyrrole nitrogens is 1. The Kier molecular flexibility index (Phi) is 3.05. The summed E-state index contributed by atoms with van der Waals surface area (Å²) in [5.74, 6) is 0.951. The van der Waals surface area contributed by atoms with E-state index in [0.29, 0.717) is 11.9 Å². The summed E-state index contributed by atoms with van der Waals surface area (Å²) in [5, 5.41) is 6.62. The van der Waals surface area contributed by atoms with Crippen LogP contribution in [-0.4, -0.2) is 28.8 Å². The lowest BCUT2D eigenvalue weighted by Gasteiger charge is -2.14. The molecule has 0 atom stereocenters. The SMILES string of the molecule is CN(CC1=CC=CCC=C1)c1n[nH]c(N)n1. The molecular formula is C11H15N5. The molecule has 0 fully saturated rings. The van der Waals surface area contributed by atoms with Crippen molar-refractivity contribution in [1.82, 2.24) is 15.2 Å². The van der Waals surface area contributed by atoms with E-state index >= 15 is 0 Å². The van der Waals surface area contributed by atoms with Gasteiger partial charge in [0.05, 0.1) is 0 Å². The number of nitrogens with one attached hydrogen (secondary N) is 1. The van der Waals surface area contributed by atoms with E-state index < -0.39 is 0 Å². The standard InChI is InChI=1S/C11H15N5/c1-16(11-13-10(12)14-15-11)8-9-6-4-2-3-5-7-9/h2,4-7H,3,8H2,1H3,(H3,12,13,14,15). The molecule has 0 saturated heterocycles. The number of rotatable bonds is 3. The van der Waals surface area contributed by atoms with Crippen molar-refractivity contribution < 1.29 is 0 Å². The molecule has 1 aromatic rings. The molecule has 0 aromatic carbocycles. The van der Waals surface area contributed by atoms with Crippen molar-refractivity contribution >= 4 is 11.9 Å². The van der Waals surface area contributed by atoms with Gasteiger partial charge in [0.25, 0.3) is 0 Å². The van der Waals surface area contributed by atoms with Crippen LogP contribution in [0.4, 0.5) is 11.9 Å². The van der Waals surface area contributed by atoms with Gasteiger partial charge in [-0.3, -0.25) is 0 Å². The summed E-state index contributed by atoms with van der Waals surface area (Å²) in [6.07, 6.45) is 11.5. The molecule has 0 saturated carbocycles. The smallest absolute Gasteiger partial charge is 0.246 e. The maximum atomic E-state index is 5.48. The van der Waals surface area contributed by atoms with Gasteiger partial charge in [0.1, 0.15) is 0 Å². The molecule has 0 aliphatic heterocycles. The normalized spacial score (nSPS) is 14.7. The molecule has 1 aromatic heterocycles. The molecule has 3 N–H and O–H groups in total. The number of anilines is 2. The van der Waals surface area contributed by atoms with Crippen LogP contribution in [0, 0.1) is 0 Å². The molecule has 5 heteroatoms. The Hall–Kier alpha value is -2.04. The molecule has 5 nitrogen and oxygen atoms in total. The van der Waals surface area contributed by atoms with Gasteiger partial charge >= 0.3 is 0 Å². The first-order valence-electron chi connectivity index (χ1n) is 5.17. The number of hydrogen-bond acceptors (Lipinski definition) is 4. The van der Waals surface area contributed by atoms with Crippen LogP contribution in [0.2, 0.25) is 0 Å². The minimum absolute atomic E-state index is 0.340. The van der Waals surface area contributed by atoms with Gasteiger partial charge in [0.2, 0.25) is 11.9 Å². The van der Waals surface area contributed by atoms with Gasteiger partial charge in [-0.25, -0.2) is 5.10 Å². The predicted octanol–water partition coefficient (Wildman–Crippen LogP) is 1.27. The van der Waals surface area contributed by atoms with E-state index in [4.69, 9.17) is 5.73 Å². The van der Waals surface area contributed by atoms with E-state index in [1.807, 2.05) is 11.9 Å². The lowest BCUT2D eigenvalue weighted by molar-refractivity contribution is 0.928. The van der Waals surface area contributed by atoms with Crippen LogP contribution < -0.4 is 10.6 Å². The van der Waals surface area contributed by atoms with Gasteiger partial charge in [0, 0.05) is 13.6 Å². The first kappa shape index (κ1) is 10.5. The number of likely N-dealkylation sites (N-methyl/N-ethyl adjacent to an activating group) is 1. The van der Waals surface area contributed by atoms with E-state index in [0.717, 1.165) is 13.0 Å². The summed E-state index contributed by atoms with van der Waals surface area (Å²) in [7, 11) is 1.94. The van der Waals surface area contributed by atoms with E-state index in [-0.39, 0.29) is 0 Å². The number of aromatic nitrogens is 3. The van der Waals surface area contributed by atoms with Crippen LogP contribution in [0.5, 0.6) is 0 Å². The fraction of sp³-hybridized carbons (Fsp3) is 0.273. The zero-order valence-electron chi connectivity index (χ0n) is 9.22. The topological polar surface area (TPSA) is 70.8 Å². The highest BCUT2D eigenvalue weighted by atomic mass is 15.4. The van der Waals surface area contributed by atoms with Crippen molar-refractivity contribution in [3.8, 4) is 0 Å². The minimum Gasteiger partial charge on any atom is -0.368 e. The summed E-state index contributed by atoms with van der Waals surface area (Å²) in [6, 6.07) is 0. The lowest BCUT2D eigenvalue weighted by Crippen LogP contribution is -2.20. The Bertz CT molecular complexity index is 441. The summed E-state index contributed by atoms with van der Waals surface area (Å²) < 4.78 is 0. The van der Waals surface area contributed by atoms with Crippen LogP contribution >= 0.6 is 0 Å². The third kappa shape index (κ3) is 2.50. The maximum Gasteiger partial charge on any atom is 0.246 e. The zero-order chi connectivity index (χ0) is 11.4. The van der Waals surface area contributed by atoms with Crippen LogP contribution in [0.1, 0.15) is 6.42 Å². The third-order valence-electron chi connectivity index (χ3n) is 2.30. The number of nitrogens with two attached hydrogens (primary N) is 1. The quantitative estimate of drug-likeness (QED) is 0.799. The Morgan fingerprint density at radius 1 is 1.50 bits per heavy atom. The van der Waals surface area contributed by atoms with Crippen LogP contribution in [0.3, 0.4) is 0 Å². The molecule has 1 aliphatic rings. The summed E-state index contributed by atoms with van der Waals surface area (Å²) in [5.41, 5.74) is 6.70. The average Bonchev–Trinajstić information content (AvgIpc) is 2.54. The number of hydrogen-bond donors (Lipinski definition) is 2. The van der Waals surface area contributed by atoms with Crippen LogP contribution in [0.25, 0.3) is 0 Å². The Labute approximate surface area is 94.4 Å². The monoisotopic (exact) mass is 217 g/mol. The van der Waals surface area contributed by atoms with Crippen molar-refractivity contribution in [2.75, 3.05) is 24.2 Å². The van der Waals surface area contributed by atoms with Crippen molar-refractivity contribution in [3.05, 3.63) is 36.0 Å². The highest BCUT2D eigenvalue weighted by Gasteiger charge is 2.07. The van der Waals surface area contributed by atoms with Gasteiger partial charge in [-0.1, -0.05) is 30.4 Å². The molecule has 0 radical (unpaired) electrons. The number of aromatic amines is 1. The van der Waals surface area contributed by atoms with E-state index in [1.165, 1.54) is 5.57 Å². The van der Waals surface area contributed by atoms with Gasteiger partial charge in [-0.2, -0.15) is 4.98 Å². The minimum atomic E-state index is 0.340. The molecule has 2 rings (SSSR count). The van der Waals surface area contributed by atoms with Gasteiger partial charge < -0.3 is 10.6 Å². The molecule has 0 unspecified atom stereocenters. The molecule has 0 bridgehead atoms. The van der Waals surface area contributed by atoms with Crippen molar-refractivity contribution in [1.29, 1.82) is 0 Å². The molecule has 0 amide bonds. The highest BCUT2D eigenvalue weighted by molar-refractivity contribution is 5.38. The predicted molar refractivity (Wildman–Crippen MR) is 65.0 cm³/mol. The van der Waals surface area contributed by atoms with Crippen LogP contribution in [-0.2, 0) is 0 Å². The fourth-order valence-corrected chi connectivity index (χ4v) is 1.51. The summed E-state index contributed by atoms with van der Waals surface area (Å²) in [6.45, 7) is 0.762. The second kappa shape index (κ2) is 4.65. The summed E-state index contributed by atoms with van der Waals surface area (Å²) in [4.78, 5) is 6.01. The fourth-order valence-electron chi connectivity index (χ4n) is 1.51. The molecule has 84 valence electrons. The molecule has 1 heterocycles. The number of allylic oxidation sites excluding steroid dienone is 4. The van der Waals surface area contributed by atoms with Gasteiger partial charge in [-0.05, 0) is 12.0 Å². The van der Waals surface area contributed by atoms with Crippen LogP contribution in [0.15, 0.2) is 36.0 Å². The average molecular weight is 217 g/mol. The first-order valence-corrected chi connectivity index (χ1v) is 5.17. The molecule has 16 heavy (non-hydrogen) atoms. The Morgan fingerprint density at radius 3 is 3.12 bits per heavy atom. The van der Waals surface area contributed by atoms with E-state index in [9.17, 15) is 0 Å². The number of nitrogens with zero attached hydrogens (tertiary/aromatic N) is 3. The zero-order valence-corrected chi connectivity index (χ0v) is 9.22. The second-order valence-electron chi connectivity index (χ2n) is 3.68. The largest absolute Gasteiger partial charge is 0.368 e. The van der Waals surface area contributed by atoms with Gasteiger partial charge in [-0.15, -0.1) is 5.10 Å². The third-order valence-corrected chi connectivity index (χ3v) is 2.30. The van der Waals surface area contributed by atoms with Gasteiger partial charge in [0.15, 0.2) is 0 Å². The van der Waals surface area contributed by atoms with Crippen molar-refractivity contribution in [2.24, 2.45) is 0 Å². The summed E-state index contributed by atoms with van der Waals surface area (Å²) >= 11 is 0. The Balaban J connectivity index is 2.04. The highest BCUT2D eigenvalue weighted by Crippen LogP contribution is 2.11. The molecule has 0 spiro atoms. The lowest BCUT2D eigenvalue weighted by atomic mass is 10.2. The molecule has 1 aliphatic carbocycles. The van der Waals surface area contributed by atoms with E-state index in [1.54, 1.807) is 0 Å². The number of nitrogen functional groups attached to an aromatic ring is 1. The first-order chi connectivity index (χ1) is 7.75. The Morgan fingerprint density at radius 2 is 2.38 bits per heavy atom. The van der Waals surface area contributed by atoms with E-state index in [2.05, 4.69) is 45.6 Å². The van der Waals surface area contributed by atoms with Crippen molar-refractivity contribution in [2.45, 2.75) is 6.42 Å². The molecular weight excluding hydrogens is 202 g/mol. The maximum absolute atomic E-state index is 5.48. The van der Waals surface area contributed by atoms with Crippen molar-refractivity contribution in [3.63, 3.8) is 0 Å². The second-order valence-corrected chi connectivity index (χ2v) is 3.68.